The van der Waals surface area contributed by atoms with E-state index in [-0.39, 0.29) is 5.82 Å². The van der Waals surface area contributed by atoms with Crippen LogP contribution < -0.4 is 5.32 Å². The topological polar surface area (TPSA) is 37.8 Å². The standard InChI is InChI=1S/C9H12FN3/c10-8-5-12-9(13-6-8)3-7-1-2-11-4-7/h5-7,11H,1-4H2/t7-/m0/s1. The molecule has 1 atom stereocenters. The first kappa shape index (κ1) is 8.56. The highest BCUT2D eigenvalue weighted by atomic mass is 19.1. The molecule has 70 valence electrons. The van der Waals surface area contributed by atoms with Crippen LogP contribution in [0.25, 0.3) is 0 Å². The highest BCUT2D eigenvalue weighted by Gasteiger charge is 2.15. The lowest BCUT2D eigenvalue weighted by atomic mass is 10.1. The first-order valence-corrected chi connectivity index (χ1v) is 4.52. The summed E-state index contributed by atoms with van der Waals surface area (Å²) in [6.07, 6.45) is 4.48. The summed E-state index contributed by atoms with van der Waals surface area (Å²) in [5.74, 6) is 0.994. The van der Waals surface area contributed by atoms with Crippen molar-refractivity contribution in [1.29, 1.82) is 0 Å². The van der Waals surface area contributed by atoms with Crippen LogP contribution in [-0.2, 0) is 6.42 Å². The van der Waals surface area contributed by atoms with Gasteiger partial charge >= 0.3 is 0 Å². The maximum absolute atomic E-state index is 12.5. The smallest absolute Gasteiger partial charge is 0.159 e. The lowest BCUT2D eigenvalue weighted by molar-refractivity contribution is 0.551. The van der Waals surface area contributed by atoms with E-state index in [1.54, 1.807) is 0 Å². The van der Waals surface area contributed by atoms with E-state index in [1.807, 2.05) is 0 Å². The lowest BCUT2D eigenvalue weighted by Crippen LogP contribution is -2.12. The second-order valence-corrected chi connectivity index (χ2v) is 3.38. The Morgan fingerprint density at radius 2 is 2.23 bits per heavy atom. The van der Waals surface area contributed by atoms with Crippen molar-refractivity contribution in [2.24, 2.45) is 5.92 Å². The molecule has 0 aromatic carbocycles. The third kappa shape index (κ3) is 2.21. The minimum atomic E-state index is -0.367. The van der Waals surface area contributed by atoms with Crippen molar-refractivity contribution < 1.29 is 4.39 Å². The second-order valence-electron chi connectivity index (χ2n) is 3.38. The highest BCUT2D eigenvalue weighted by Crippen LogP contribution is 2.11. The minimum absolute atomic E-state index is 0.367. The predicted octanol–water partition coefficient (Wildman–Crippen LogP) is 0.768. The molecule has 0 aliphatic carbocycles. The van der Waals surface area contributed by atoms with Gasteiger partial charge in [-0.05, 0) is 25.4 Å². The maximum atomic E-state index is 12.5. The molecular weight excluding hydrogens is 169 g/mol. The van der Waals surface area contributed by atoms with Gasteiger partial charge in [-0.3, -0.25) is 0 Å². The first-order chi connectivity index (χ1) is 6.34. The van der Waals surface area contributed by atoms with Crippen LogP contribution >= 0.6 is 0 Å². The number of hydrogen-bond acceptors (Lipinski definition) is 3. The summed E-state index contributed by atoms with van der Waals surface area (Å²) < 4.78 is 12.5. The zero-order valence-corrected chi connectivity index (χ0v) is 7.33. The van der Waals surface area contributed by atoms with Gasteiger partial charge in [0.25, 0.3) is 0 Å². The van der Waals surface area contributed by atoms with Gasteiger partial charge in [-0.25, -0.2) is 14.4 Å². The van der Waals surface area contributed by atoms with Gasteiger partial charge in [-0.2, -0.15) is 0 Å². The van der Waals surface area contributed by atoms with E-state index in [2.05, 4.69) is 15.3 Å². The molecule has 1 fully saturated rings. The number of rotatable bonds is 2. The van der Waals surface area contributed by atoms with Crippen LogP contribution in [0.1, 0.15) is 12.2 Å². The van der Waals surface area contributed by atoms with Crippen molar-refractivity contribution in [3.8, 4) is 0 Å². The van der Waals surface area contributed by atoms with E-state index in [0.29, 0.717) is 5.92 Å². The monoisotopic (exact) mass is 181 g/mol. The third-order valence-corrected chi connectivity index (χ3v) is 2.31. The second kappa shape index (κ2) is 3.79. The fourth-order valence-electron chi connectivity index (χ4n) is 1.59. The molecule has 13 heavy (non-hydrogen) atoms. The molecule has 1 saturated heterocycles. The Morgan fingerprint density at radius 3 is 2.85 bits per heavy atom. The van der Waals surface area contributed by atoms with E-state index in [4.69, 9.17) is 0 Å². The summed E-state index contributed by atoms with van der Waals surface area (Å²) in [4.78, 5) is 7.86. The van der Waals surface area contributed by atoms with Gasteiger partial charge in [-0.15, -0.1) is 0 Å². The minimum Gasteiger partial charge on any atom is -0.316 e. The van der Waals surface area contributed by atoms with Crippen LogP contribution in [0.3, 0.4) is 0 Å². The Balaban J connectivity index is 1.97. The molecule has 0 spiro atoms. The molecule has 0 saturated carbocycles. The maximum Gasteiger partial charge on any atom is 0.159 e. The summed E-state index contributed by atoms with van der Waals surface area (Å²) in [6.45, 7) is 2.10. The summed E-state index contributed by atoms with van der Waals surface area (Å²) in [5.41, 5.74) is 0. The van der Waals surface area contributed by atoms with Gasteiger partial charge in [0.2, 0.25) is 0 Å². The van der Waals surface area contributed by atoms with Crippen molar-refractivity contribution in [2.75, 3.05) is 13.1 Å². The van der Waals surface area contributed by atoms with Crippen LogP contribution in [0, 0.1) is 11.7 Å². The first-order valence-electron chi connectivity index (χ1n) is 4.52. The normalized spacial score (nSPS) is 22.1. The SMILES string of the molecule is Fc1cnc(C[C@@H]2CCNC2)nc1. The number of hydrogen-bond donors (Lipinski definition) is 1. The molecule has 1 N–H and O–H groups in total. The van der Waals surface area contributed by atoms with E-state index in [1.165, 1.54) is 18.8 Å². The predicted molar refractivity (Wildman–Crippen MR) is 46.7 cm³/mol. The highest BCUT2D eigenvalue weighted by molar-refractivity contribution is 4.93. The zero-order valence-electron chi connectivity index (χ0n) is 7.33. The molecule has 1 aliphatic heterocycles. The van der Waals surface area contributed by atoms with Crippen molar-refractivity contribution in [3.05, 3.63) is 24.0 Å². The number of halogens is 1. The van der Waals surface area contributed by atoms with Gasteiger partial charge in [0.05, 0.1) is 12.4 Å². The van der Waals surface area contributed by atoms with Crippen LogP contribution in [0.5, 0.6) is 0 Å². The average Bonchev–Trinajstić information content (AvgIpc) is 2.62. The lowest BCUT2D eigenvalue weighted by Gasteiger charge is -2.05. The van der Waals surface area contributed by atoms with Crippen LogP contribution in [0.15, 0.2) is 12.4 Å². The van der Waals surface area contributed by atoms with Crippen molar-refractivity contribution >= 4 is 0 Å². The molecule has 1 aliphatic rings. The fourth-order valence-corrected chi connectivity index (χ4v) is 1.59. The molecule has 0 amide bonds. The molecule has 0 unspecified atom stereocenters. The Morgan fingerprint density at radius 1 is 1.46 bits per heavy atom. The van der Waals surface area contributed by atoms with Gasteiger partial charge in [-0.1, -0.05) is 0 Å². The molecular formula is C9H12FN3. The van der Waals surface area contributed by atoms with E-state index >= 15 is 0 Å². The quantitative estimate of drug-likeness (QED) is 0.732. The molecule has 0 radical (unpaired) electrons. The van der Waals surface area contributed by atoms with Gasteiger partial charge < -0.3 is 5.32 Å². The third-order valence-electron chi connectivity index (χ3n) is 2.31. The number of nitrogens with zero attached hydrogens (tertiary/aromatic N) is 2. The van der Waals surface area contributed by atoms with Crippen molar-refractivity contribution in [2.45, 2.75) is 12.8 Å². The number of aromatic nitrogens is 2. The Kier molecular flexibility index (Phi) is 2.49. The summed E-state index contributed by atoms with van der Waals surface area (Å²) in [5, 5.41) is 3.27. The van der Waals surface area contributed by atoms with Gasteiger partial charge in [0.1, 0.15) is 5.82 Å². The molecule has 2 heterocycles. The van der Waals surface area contributed by atoms with Crippen molar-refractivity contribution in [3.63, 3.8) is 0 Å². The average molecular weight is 181 g/mol. The fraction of sp³-hybridized carbons (Fsp3) is 0.556. The molecule has 2 rings (SSSR count). The Hall–Kier alpha value is -1.03. The van der Waals surface area contributed by atoms with Gasteiger partial charge in [0.15, 0.2) is 5.82 Å². The van der Waals surface area contributed by atoms with Crippen LogP contribution in [0.2, 0.25) is 0 Å². The van der Waals surface area contributed by atoms with E-state index in [0.717, 1.165) is 25.3 Å². The van der Waals surface area contributed by atoms with Gasteiger partial charge in [0, 0.05) is 6.42 Å². The summed E-state index contributed by atoms with van der Waals surface area (Å²) >= 11 is 0. The Labute approximate surface area is 76.4 Å². The summed E-state index contributed by atoms with van der Waals surface area (Å²) in [7, 11) is 0. The molecule has 0 bridgehead atoms. The van der Waals surface area contributed by atoms with Crippen LogP contribution in [0.4, 0.5) is 4.39 Å². The zero-order chi connectivity index (χ0) is 9.10. The van der Waals surface area contributed by atoms with E-state index in [9.17, 15) is 4.39 Å². The number of nitrogens with one attached hydrogen (secondary N) is 1. The molecule has 1 aromatic rings. The largest absolute Gasteiger partial charge is 0.316 e. The molecule has 3 nitrogen and oxygen atoms in total. The van der Waals surface area contributed by atoms with E-state index < -0.39 is 0 Å². The molecule has 4 heteroatoms. The van der Waals surface area contributed by atoms with Crippen LogP contribution in [-0.4, -0.2) is 23.1 Å². The summed E-state index contributed by atoms with van der Waals surface area (Å²) in [6, 6.07) is 0. The Bertz CT molecular complexity index is 267. The van der Waals surface area contributed by atoms with Crippen molar-refractivity contribution in [1.82, 2.24) is 15.3 Å². The molecule has 1 aromatic heterocycles.